The van der Waals surface area contributed by atoms with Crippen LogP contribution in [-0.2, 0) is 0 Å². The van der Waals surface area contributed by atoms with Crippen LogP contribution >= 0.6 is 0 Å². The Morgan fingerprint density at radius 2 is 1.94 bits per heavy atom. The van der Waals surface area contributed by atoms with E-state index in [-0.39, 0.29) is 0 Å². The molecule has 1 aromatic heterocycles. The van der Waals surface area contributed by atoms with Gasteiger partial charge in [0.05, 0.1) is 5.60 Å². The largest absolute Gasteiger partial charge is 0.387 e. The maximum Gasteiger partial charge on any atom is 0.108 e. The number of aliphatic hydroxyl groups is 2. The van der Waals surface area contributed by atoms with Crippen molar-refractivity contribution in [2.24, 2.45) is 0 Å². The molecular weight excluding hydrogens is 226 g/mol. The number of aliphatic hydroxyl groups excluding tert-OH is 1. The summed E-state index contributed by atoms with van der Waals surface area (Å²) in [6.45, 7) is 3.77. The summed E-state index contributed by atoms with van der Waals surface area (Å²) < 4.78 is 0. The first-order valence-electron chi connectivity index (χ1n) is 6.35. The molecule has 0 bridgehead atoms. The lowest BCUT2D eigenvalue weighted by Gasteiger charge is -2.31. The summed E-state index contributed by atoms with van der Waals surface area (Å²) in [6.07, 6.45) is 3.60. The van der Waals surface area contributed by atoms with Crippen LogP contribution in [0.1, 0.15) is 38.4 Å². The average Bonchev–Trinajstić information content (AvgIpc) is 2.45. The monoisotopic (exact) mass is 245 g/mol. The molecule has 0 radical (unpaired) electrons. The van der Waals surface area contributed by atoms with Gasteiger partial charge in [0, 0.05) is 17.8 Å². The normalized spacial score (nSPS) is 13.8. The molecule has 3 nitrogen and oxygen atoms in total. The van der Waals surface area contributed by atoms with Crippen LogP contribution in [0.2, 0.25) is 0 Å². The molecule has 3 heteroatoms. The van der Waals surface area contributed by atoms with Gasteiger partial charge in [-0.05, 0) is 29.9 Å². The van der Waals surface area contributed by atoms with Crippen molar-refractivity contribution >= 4 is 10.8 Å². The van der Waals surface area contributed by atoms with Crippen molar-refractivity contribution in [1.82, 2.24) is 4.98 Å². The zero-order chi connectivity index (χ0) is 13.2. The van der Waals surface area contributed by atoms with E-state index in [4.69, 9.17) is 0 Å². The van der Waals surface area contributed by atoms with Gasteiger partial charge in [-0.1, -0.05) is 32.0 Å². The highest BCUT2D eigenvalue weighted by molar-refractivity contribution is 5.85. The molecule has 0 saturated heterocycles. The molecule has 0 aliphatic carbocycles. The van der Waals surface area contributed by atoms with Gasteiger partial charge in [0.25, 0.3) is 0 Å². The Morgan fingerprint density at radius 3 is 2.61 bits per heavy atom. The van der Waals surface area contributed by atoms with Crippen molar-refractivity contribution in [3.8, 4) is 0 Å². The van der Waals surface area contributed by atoms with E-state index in [1.165, 1.54) is 0 Å². The third-order valence-corrected chi connectivity index (χ3v) is 3.75. The highest BCUT2D eigenvalue weighted by Crippen LogP contribution is 2.34. The Balaban J connectivity index is 2.54. The van der Waals surface area contributed by atoms with Crippen LogP contribution in [0, 0.1) is 0 Å². The van der Waals surface area contributed by atoms with Crippen LogP contribution in [0.25, 0.3) is 10.8 Å². The summed E-state index contributed by atoms with van der Waals surface area (Å²) >= 11 is 0. The fourth-order valence-electron chi connectivity index (χ4n) is 2.30. The Kier molecular flexibility index (Phi) is 3.64. The molecule has 96 valence electrons. The second-order valence-electron chi connectivity index (χ2n) is 4.66. The quantitative estimate of drug-likeness (QED) is 0.871. The van der Waals surface area contributed by atoms with Crippen molar-refractivity contribution < 1.29 is 10.2 Å². The van der Waals surface area contributed by atoms with Crippen molar-refractivity contribution in [2.45, 2.75) is 38.4 Å². The van der Waals surface area contributed by atoms with E-state index in [0.29, 0.717) is 12.8 Å². The number of pyridine rings is 1. The summed E-state index contributed by atoms with van der Waals surface area (Å²) in [5.41, 5.74) is -0.337. The third kappa shape index (κ3) is 2.11. The number of fused-ring (bicyclic) bond motifs is 1. The topological polar surface area (TPSA) is 53.4 Å². The fourth-order valence-corrected chi connectivity index (χ4v) is 2.30. The summed E-state index contributed by atoms with van der Waals surface area (Å²) in [4.78, 5) is 4.10. The molecule has 2 rings (SSSR count). The van der Waals surface area contributed by atoms with Gasteiger partial charge in [-0.25, -0.2) is 0 Å². The molecule has 1 unspecified atom stereocenters. The van der Waals surface area contributed by atoms with Crippen molar-refractivity contribution in [3.05, 3.63) is 42.2 Å². The minimum absolute atomic E-state index is 0.515. The Labute approximate surface area is 107 Å². The molecule has 1 atom stereocenters. The minimum atomic E-state index is -1.08. The first kappa shape index (κ1) is 13.0. The van der Waals surface area contributed by atoms with Gasteiger partial charge in [0.2, 0.25) is 0 Å². The van der Waals surface area contributed by atoms with Gasteiger partial charge in [0.15, 0.2) is 0 Å². The predicted octanol–water partition coefficient (Wildman–Crippen LogP) is 2.82. The maximum atomic E-state index is 10.5. The van der Waals surface area contributed by atoms with E-state index in [1.807, 2.05) is 38.1 Å². The van der Waals surface area contributed by atoms with Crippen molar-refractivity contribution in [3.63, 3.8) is 0 Å². The van der Waals surface area contributed by atoms with Crippen LogP contribution in [0.3, 0.4) is 0 Å². The van der Waals surface area contributed by atoms with Gasteiger partial charge in [-0.3, -0.25) is 4.98 Å². The summed E-state index contributed by atoms with van der Waals surface area (Å²) in [5, 5.41) is 22.8. The molecule has 18 heavy (non-hydrogen) atoms. The minimum Gasteiger partial charge on any atom is -0.387 e. The number of benzene rings is 1. The number of rotatable bonds is 4. The van der Waals surface area contributed by atoms with E-state index in [9.17, 15) is 10.2 Å². The third-order valence-electron chi connectivity index (χ3n) is 3.75. The first-order chi connectivity index (χ1) is 8.62. The van der Waals surface area contributed by atoms with Gasteiger partial charge in [0.1, 0.15) is 6.10 Å². The smallest absolute Gasteiger partial charge is 0.108 e. The van der Waals surface area contributed by atoms with Crippen LogP contribution < -0.4 is 0 Å². The summed E-state index contributed by atoms with van der Waals surface area (Å²) in [5.74, 6) is 0. The number of aromatic nitrogens is 1. The SMILES string of the molecule is CCC(O)(CC)C(O)c1cccc2ccncc12. The standard InChI is InChI=1S/C15H19NO2/c1-3-15(18,4-2)14(17)12-7-5-6-11-8-9-16-10-13(11)12/h5-10,14,17-18H,3-4H2,1-2H3. The fraction of sp³-hybridized carbons (Fsp3) is 0.400. The second kappa shape index (κ2) is 5.04. The maximum absolute atomic E-state index is 10.5. The lowest BCUT2D eigenvalue weighted by atomic mass is 9.85. The van der Waals surface area contributed by atoms with E-state index < -0.39 is 11.7 Å². The summed E-state index contributed by atoms with van der Waals surface area (Å²) in [6, 6.07) is 7.63. The van der Waals surface area contributed by atoms with Gasteiger partial charge in [-0.2, -0.15) is 0 Å². The molecule has 0 saturated carbocycles. The summed E-state index contributed by atoms with van der Waals surface area (Å²) in [7, 11) is 0. The van der Waals surface area contributed by atoms with E-state index >= 15 is 0 Å². The zero-order valence-electron chi connectivity index (χ0n) is 10.8. The predicted molar refractivity (Wildman–Crippen MR) is 72.2 cm³/mol. The van der Waals surface area contributed by atoms with Crippen LogP contribution in [0.15, 0.2) is 36.7 Å². The highest BCUT2D eigenvalue weighted by Gasteiger charge is 2.33. The Morgan fingerprint density at radius 1 is 1.22 bits per heavy atom. The van der Waals surface area contributed by atoms with Gasteiger partial charge in [-0.15, -0.1) is 0 Å². The number of nitrogens with zero attached hydrogens (tertiary/aromatic N) is 1. The Hall–Kier alpha value is -1.45. The molecule has 2 aromatic rings. The molecular formula is C15H19NO2. The molecule has 0 aliphatic rings. The molecule has 0 amide bonds. The molecule has 1 heterocycles. The van der Waals surface area contributed by atoms with Gasteiger partial charge >= 0.3 is 0 Å². The zero-order valence-corrected chi connectivity index (χ0v) is 10.8. The first-order valence-corrected chi connectivity index (χ1v) is 6.35. The van der Waals surface area contributed by atoms with Crippen molar-refractivity contribution in [2.75, 3.05) is 0 Å². The van der Waals surface area contributed by atoms with Gasteiger partial charge < -0.3 is 10.2 Å². The average molecular weight is 245 g/mol. The molecule has 1 aromatic carbocycles. The number of hydrogen-bond acceptors (Lipinski definition) is 3. The van der Waals surface area contributed by atoms with Crippen molar-refractivity contribution in [1.29, 1.82) is 0 Å². The van der Waals surface area contributed by atoms with Crippen LogP contribution in [-0.4, -0.2) is 20.8 Å². The molecule has 0 fully saturated rings. The van der Waals surface area contributed by atoms with E-state index in [0.717, 1.165) is 16.3 Å². The van der Waals surface area contributed by atoms with Crippen LogP contribution in [0.5, 0.6) is 0 Å². The molecule has 0 spiro atoms. The molecule has 2 N–H and O–H groups in total. The Bertz CT molecular complexity index is 530. The van der Waals surface area contributed by atoms with E-state index in [2.05, 4.69) is 4.98 Å². The lowest BCUT2D eigenvalue weighted by molar-refractivity contribution is -0.0814. The molecule has 0 aliphatic heterocycles. The highest BCUT2D eigenvalue weighted by atomic mass is 16.3. The van der Waals surface area contributed by atoms with E-state index in [1.54, 1.807) is 12.4 Å². The van der Waals surface area contributed by atoms with Crippen LogP contribution in [0.4, 0.5) is 0 Å². The lowest BCUT2D eigenvalue weighted by Crippen LogP contribution is -2.34. The second-order valence-corrected chi connectivity index (χ2v) is 4.66. The number of hydrogen-bond donors (Lipinski definition) is 2.